The molecular formula is C16H36O5. The van der Waals surface area contributed by atoms with E-state index in [4.69, 9.17) is 24.8 Å². The summed E-state index contributed by atoms with van der Waals surface area (Å²) in [5.74, 6) is 5.36. The van der Waals surface area contributed by atoms with Crippen LogP contribution >= 0.6 is 0 Å². The number of ether oxygens (including phenoxy) is 2. The monoisotopic (exact) mass is 308 g/mol. The summed E-state index contributed by atoms with van der Waals surface area (Å²) in [4.78, 5) is 0. The van der Waals surface area contributed by atoms with Crippen molar-refractivity contribution in [3.8, 4) is 11.8 Å². The van der Waals surface area contributed by atoms with E-state index in [0.29, 0.717) is 6.42 Å². The molecule has 2 unspecified atom stereocenters. The van der Waals surface area contributed by atoms with Crippen molar-refractivity contribution >= 4 is 0 Å². The Kier molecular flexibility index (Phi) is 37.6. The highest BCUT2D eigenvalue weighted by molar-refractivity contribution is 4.89. The minimum Gasteiger partial charge on any atom is -0.394 e. The maximum Gasteiger partial charge on any atom is 0.146 e. The van der Waals surface area contributed by atoms with Crippen molar-refractivity contribution in [2.45, 2.75) is 67.1 Å². The second-order valence-corrected chi connectivity index (χ2v) is 3.97. The van der Waals surface area contributed by atoms with Gasteiger partial charge in [-0.15, -0.1) is 11.8 Å². The molecule has 0 radical (unpaired) electrons. The Morgan fingerprint density at radius 3 is 1.57 bits per heavy atom. The summed E-state index contributed by atoms with van der Waals surface area (Å²) >= 11 is 0. The van der Waals surface area contributed by atoms with Crippen LogP contribution in [0.3, 0.4) is 0 Å². The minimum absolute atomic E-state index is 0. The van der Waals surface area contributed by atoms with Gasteiger partial charge in [0.05, 0.1) is 25.9 Å². The summed E-state index contributed by atoms with van der Waals surface area (Å²) in [6.45, 7) is 9.71. The van der Waals surface area contributed by atoms with Crippen LogP contribution in [0.15, 0.2) is 0 Å². The van der Waals surface area contributed by atoms with Crippen LogP contribution in [0.25, 0.3) is 0 Å². The number of hydrogen-bond acceptors (Lipinski definition) is 5. The minimum atomic E-state index is -0.861. The zero-order valence-electron chi connectivity index (χ0n) is 13.6. The third kappa shape index (κ3) is 38.2. The molecule has 0 aromatic rings. The molecule has 0 saturated heterocycles. The first-order valence-corrected chi connectivity index (χ1v) is 6.99. The molecule has 0 aliphatic heterocycles. The van der Waals surface area contributed by atoms with Gasteiger partial charge in [-0.25, -0.2) is 0 Å². The predicted molar refractivity (Wildman–Crippen MR) is 88.0 cm³/mol. The van der Waals surface area contributed by atoms with Crippen molar-refractivity contribution in [2.24, 2.45) is 0 Å². The molecule has 5 nitrogen and oxygen atoms in total. The van der Waals surface area contributed by atoms with Crippen LogP contribution in [0, 0.1) is 11.8 Å². The third-order valence-corrected chi connectivity index (χ3v) is 1.72. The Morgan fingerprint density at radius 2 is 1.29 bits per heavy atom. The molecule has 5 heteroatoms. The van der Waals surface area contributed by atoms with Crippen LogP contribution in [0.4, 0.5) is 0 Å². The van der Waals surface area contributed by atoms with Crippen LogP contribution in [0.2, 0.25) is 0 Å². The lowest BCUT2D eigenvalue weighted by Gasteiger charge is -2.10. The van der Waals surface area contributed by atoms with Gasteiger partial charge in [0.25, 0.3) is 0 Å². The molecule has 0 aromatic heterocycles. The lowest BCUT2D eigenvalue weighted by atomic mass is 10.3. The van der Waals surface area contributed by atoms with Crippen LogP contribution < -0.4 is 0 Å². The first-order chi connectivity index (χ1) is 9.53. The van der Waals surface area contributed by atoms with Crippen molar-refractivity contribution in [1.29, 1.82) is 0 Å². The predicted octanol–water partition coefficient (Wildman–Crippen LogP) is 2.18. The maximum absolute atomic E-state index is 9.04. The maximum atomic E-state index is 9.04. The van der Waals surface area contributed by atoms with Gasteiger partial charge in [0, 0.05) is 0 Å². The first kappa shape index (κ1) is 28.5. The van der Waals surface area contributed by atoms with Crippen LogP contribution in [0.1, 0.15) is 54.9 Å². The molecule has 2 atom stereocenters. The second kappa shape index (κ2) is 27.7. The van der Waals surface area contributed by atoms with Crippen molar-refractivity contribution in [3.05, 3.63) is 0 Å². The molecular weight excluding hydrogens is 272 g/mol. The fourth-order valence-electron chi connectivity index (χ4n) is 0.598. The third-order valence-electron chi connectivity index (χ3n) is 1.72. The molecule has 0 amide bonds. The lowest BCUT2D eigenvalue weighted by molar-refractivity contribution is -0.102. The van der Waals surface area contributed by atoms with E-state index in [-0.39, 0.29) is 34.0 Å². The van der Waals surface area contributed by atoms with Gasteiger partial charge in [-0.1, -0.05) is 34.6 Å². The summed E-state index contributed by atoms with van der Waals surface area (Å²) < 4.78 is 9.75. The Labute approximate surface area is 131 Å². The van der Waals surface area contributed by atoms with Gasteiger partial charge in [0.2, 0.25) is 0 Å². The molecule has 0 bridgehead atoms. The average Bonchev–Trinajstić information content (AvgIpc) is 2.47. The van der Waals surface area contributed by atoms with Gasteiger partial charge in [-0.05, 0) is 20.3 Å². The molecule has 0 spiro atoms. The Morgan fingerprint density at radius 1 is 0.905 bits per heavy atom. The number of hydrogen-bond donors (Lipinski definition) is 3. The van der Waals surface area contributed by atoms with Crippen LogP contribution in [-0.4, -0.2) is 54.1 Å². The molecule has 21 heavy (non-hydrogen) atoms. The summed E-state index contributed by atoms with van der Waals surface area (Å²) in [5, 5.41) is 26.3. The Balaban J connectivity index is -0.000000152. The molecule has 3 N–H and O–H groups in total. The summed E-state index contributed by atoms with van der Waals surface area (Å²) in [7, 11) is 0. The van der Waals surface area contributed by atoms with Gasteiger partial charge in [-0.2, -0.15) is 0 Å². The van der Waals surface area contributed by atoms with E-state index in [1.165, 1.54) is 6.42 Å². The molecule has 130 valence electrons. The fraction of sp³-hybridized carbons (Fsp3) is 0.875. The Hall–Kier alpha value is -0.640. The van der Waals surface area contributed by atoms with E-state index in [1.807, 2.05) is 20.8 Å². The molecule has 0 fully saturated rings. The fourth-order valence-corrected chi connectivity index (χ4v) is 0.598. The van der Waals surface area contributed by atoms with E-state index >= 15 is 0 Å². The molecule has 0 aliphatic carbocycles. The van der Waals surface area contributed by atoms with Gasteiger partial charge in [0.15, 0.2) is 0 Å². The highest BCUT2D eigenvalue weighted by atomic mass is 16.7. The topological polar surface area (TPSA) is 79.2 Å². The SMILES string of the molecule is C.CC#CC.CCC.CCC(O)COCOCC(O)CO. The van der Waals surface area contributed by atoms with E-state index in [9.17, 15) is 0 Å². The van der Waals surface area contributed by atoms with E-state index in [0.717, 1.165) is 0 Å². The zero-order chi connectivity index (χ0) is 16.2. The quantitative estimate of drug-likeness (QED) is 0.364. The number of aliphatic hydroxyl groups excluding tert-OH is 3. The number of rotatable bonds is 8. The van der Waals surface area contributed by atoms with Gasteiger partial charge in [-0.3, -0.25) is 0 Å². The molecule has 0 saturated carbocycles. The second-order valence-electron chi connectivity index (χ2n) is 3.97. The van der Waals surface area contributed by atoms with E-state index < -0.39 is 12.2 Å². The van der Waals surface area contributed by atoms with Crippen molar-refractivity contribution in [1.82, 2.24) is 0 Å². The molecule has 0 aromatic carbocycles. The van der Waals surface area contributed by atoms with Gasteiger partial charge < -0.3 is 24.8 Å². The number of aliphatic hydroxyl groups is 3. The van der Waals surface area contributed by atoms with Gasteiger partial charge >= 0.3 is 0 Å². The highest BCUT2D eigenvalue weighted by Gasteiger charge is 2.02. The first-order valence-electron chi connectivity index (χ1n) is 6.99. The molecule has 0 rings (SSSR count). The van der Waals surface area contributed by atoms with Crippen molar-refractivity contribution in [2.75, 3.05) is 26.6 Å². The summed E-state index contributed by atoms with van der Waals surface area (Å²) in [6, 6.07) is 0. The van der Waals surface area contributed by atoms with E-state index in [1.54, 1.807) is 0 Å². The Bertz CT molecular complexity index is 192. The smallest absolute Gasteiger partial charge is 0.146 e. The van der Waals surface area contributed by atoms with Gasteiger partial charge in [0.1, 0.15) is 12.9 Å². The normalized spacial score (nSPS) is 11.2. The van der Waals surface area contributed by atoms with Crippen molar-refractivity contribution in [3.63, 3.8) is 0 Å². The summed E-state index contributed by atoms with van der Waals surface area (Å²) in [5.41, 5.74) is 0. The molecule has 0 heterocycles. The highest BCUT2D eigenvalue weighted by Crippen LogP contribution is 1.91. The van der Waals surface area contributed by atoms with E-state index in [2.05, 4.69) is 25.7 Å². The average molecular weight is 308 g/mol. The standard InChI is InChI=1S/C8H18O5.C4H6.C3H8.CH4/c1-2-7(10)4-12-6-13-5-8(11)3-9;1-3-4-2;1-3-2;/h7-11H,2-6H2,1H3;1-2H3;3H2,1-2H3;1H4. The van der Waals surface area contributed by atoms with Crippen molar-refractivity contribution < 1.29 is 24.8 Å². The lowest BCUT2D eigenvalue weighted by Crippen LogP contribution is -2.21. The van der Waals surface area contributed by atoms with Crippen LogP contribution in [-0.2, 0) is 9.47 Å². The van der Waals surface area contributed by atoms with Crippen LogP contribution in [0.5, 0.6) is 0 Å². The zero-order valence-corrected chi connectivity index (χ0v) is 13.6. The summed E-state index contributed by atoms with van der Waals surface area (Å²) in [6.07, 6.45) is 0.560. The molecule has 0 aliphatic rings. The largest absolute Gasteiger partial charge is 0.394 e.